The van der Waals surface area contributed by atoms with Gasteiger partial charge in [0, 0.05) is 36.8 Å². The Morgan fingerprint density at radius 2 is 1.89 bits per heavy atom. The Kier molecular flexibility index (Phi) is 8.53. The van der Waals surface area contributed by atoms with E-state index >= 15 is 4.39 Å². The van der Waals surface area contributed by atoms with Crippen LogP contribution in [0.1, 0.15) is 35.7 Å². The molecule has 1 fully saturated rings. The van der Waals surface area contributed by atoms with Gasteiger partial charge in [-0.25, -0.2) is 23.1 Å². The van der Waals surface area contributed by atoms with Crippen LogP contribution in [-0.2, 0) is 6.54 Å². The summed E-state index contributed by atoms with van der Waals surface area (Å²) in [4.78, 5) is 47.9. The molecule has 6 N–H and O–H groups in total. The van der Waals surface area contributed by atoms with Crippen LogP contribution in [0.25, 0.3) is 5.69 Å². The molecule has 4 aromatic rings. The number of amidine groups is 1. The van der Waals surface area contributed by atoms with Crippen molar-refractivity contribution in [3.05, 3.63) is 105 Å². The van der Waals surface area contributed by atoms with Gasteiger partial charge in [-0.3, -0.25) is 19.1 Å². The van der Waals surface area contributed by atoms with Crippen LogP contribution in [0.2, 0.25) is 0 Å². The van der Waals surface area contributed by atoms with Crippen molar-refractivity contribution in [2.45, 2.75) is 32.4 Å². The summed E-state index contributed by atoms with van der Waals surface area (Å²) < 4.78 is 36.5. The minimum atomic E-state index is -0.913. The monoisotopic (exact) mass is 605 g/mol. The Morgan fingerprint density at radius 3 is 2.55 bits per heavy atom. The molecule has 0 bridgehead atoms. The lowest BCUT2D eigenvalue weighted by molar-refractivity contribution is 0.102. The van der Waals surface area contributed by atoms with Gasteiger partial charge in [0.2, 0.25) is 0 Å². The highest BCUT2D eigenvalue weighted by molar-refractivity contribution is 6.04. The number of aliphatic hydroxyl groups excluding tert-OH is 1. The summed E-state index contributed by atoms with van der Waals surface area (Å²) in [6, 6.07) is 9.21. The van der Waals surface area contributed by atoms with Gasteiger partial charge in [-0.2, -0.15) is 0 Å². The molecule has 2 heterocycles. The van der Waals surface area contributed by atoms with Crippen molar-refractivity contribution < 1.29 is 23.4 Å². The molecule has 0 saturated heterocycles. The summed E-state index contributed by atoms with van der Waals surface area (Å²) >= 11 is 0. The normalized spacial score (nSPS) is 13.9. The average Bonchev–Trinajstić information content (AvgIpc) is 3.81. The van der Waals surface area contributed by atoms with E-state index in [0.717, 1.165) is 35.6 Å². The number of aliphatic hydroxyl groups is 1. The number of hydrogen-bond acceptors (Lipinski definition) is 8. The SMILES string of the molecule is C[C@H](CO)N=C(N)c1c(Oc2ccc(NC(=O)c3cn(CC4CC4)c(=O)n(-c4ccc(F)cc4)c3=O)cc2F)ccnc1N. The molecular formula is C30H29F2N7O5. The number of anilines is 2. The van der Waals surface area contributed by atoms with Gasteiger partial charge in [-0.1, -0.05) is 0 Å². The fraction of sp³-hybridized carbons (Fsp3) is 0.233. The van der Waals surface area contributed by atoms with Gasteiger partial charge >= 0.3 is 5.69 Å². The number of rotatable bonds is 10. The first-order chi connectivity index (χ1) is 21.0. The van der Waals surface area contributed by atoms with Crippen molar-refractivity contribution in [2.75, 3.05) is 17.7 Å². The molecule has 12 nitrogen and oxygen atoms in total. The molecule has 1 amide bonds. The highest BCUT2D eigenvalue weighted by Crippen LogP contribution is 2.32. The first-order valence-corrected chi connectivity index (χ1v) is 13.7. The van der Waals surface area contributed by atoms with E-state index in [9.17, 15) is 23.9 Å². The Labute approximate surface area is 249 Å². The molecular weight excluding hydrogens is 576 g/mol. The van der Waals surface area contributed by atoms with Gasteiger partial charge in [0.05, 0.1) is 18.3 Å². The number of amides is 1. The molecule has 1 saturated carbocycles. The number of nitrogens with one attached hydrogen (secondary N) is 1. The summed E-state index contributed by atoms with van der Waals surface area (Å²) in [5.41, 5.74) is 10.3. The van der Waals surface area contributed by atoms with Gasteiger partial charge in [0.1, 0.15) is 34.3 Å². The zero-order valence-electron chi connectivity index (χ0n) is 23.5. The van der Waals surface area contributed by atoms with E-state index in [2.05, 4.69) is 15.3 Å². The van der Waals surface area contributed by atoms with E-state index in [-0.39, 0.29) is 58.2 Å². The number of pyridine rings is 1. The number of hydrogen-bond donors (Lipinski definition) is 4. The van der Waals surface area contributed by atoms with E-state index in [0.29, 0.717) is 6.54 Å². The second kappa shape index (κ2) is 12.5. The molecule has 1 aliphatic carbocycles. The quantitative estimate of drug-likeness (QED) is 0.157. The van der Waals surface area contributed by atoms with Crippen LogP contribution in [0, 0.1) is 17.6 Å². The number of nitrogen functional groups attached to an aromatic ring is 1. The number of carbonyl (C=O) groups is 1. The highest BCUT2D eigenvalue weighted by atomic mass is 19.1. The number of carbonyl (C=O) groups excluding carboxylic acids is 1. The first kappa shape index (κ1) is 30.1. The zero-order chi connectivity index (χ0) is 31.5. The Morgan fingerprint density at radius 1 is 1.16 bits per heavy atom. The van der Waals surface area contributed by atoms with Crippen LogP contribution in [-0.4, -0.2) is 43.6 Å². The van der Waals surface area contributed by atoms with Crippen LogP contribution in [0.4, 0.5) is 20.3 Å². The minimum Gasteiger partial charge on any atom is -0.453 e. The average molecular weight is 606 g/mol. The van der Waals surface area contributed by atoms with Crippen molar-refractivity contribution in [2.24, 2.45) is 16.6 Å². The maximum absolute atomic E-state index is 15.2. The lowest BCUT2D eigenvalue weighted by atomic mass is 10.2. The number of nitrogens with two attached hydrogens (primary N) is 2. The Balaban J connectivity index is 1.43. The van der Waals surface area contributed by atoms with E-state index in [4.69, 9.17) is 16.2 Å². The van der Waals surface area contributed by atoms with Crippen LogP contribution in [0.15, 0.2) is 75.5 Å². The lowest BCUT2D eigenvalue weighted by Crippen LogP contribution is -2.42. The maximum atomic E-state index is 15.2. The number of ether oxygens (including phenoxy) is 1. The smallest absolute Gasteiger partial charge is 0.335 e. The standard InChI is InChI=1S/C30H29F2N7O5/c1-16(15-40)36-27(34)25-24(10-11-35-26(25)33)44-23-9-6-19(12-22(23)32)37-28(41)21-14-38(13-17-2-3-17)30(43)39(29(21)42)20-7-4-18(31)5-8-20/h4-12,14,16-17,40H,2-3,13,15H2,1H3,(H2,33,35)(H2,34,36)(H,37,41)/t16-/m1/s1. The number of aromatic nitrogens is 3. The summed E-state index contributed by atoms with van der Waals surface area (Å²) in [7, 11) is 0. The first-order valence-electron chi connectivity index (χ1n) is 13.7. The third-order valence-electron chi connectivity index (χ3n) is 6.87. The number of benzene rings is 2. The molecule has 228 valence electrons. The van der Waals surface area contributed by atoms with Crippen LogP contribution >= 0.6 is 0 Å². The van der Waals surface area contributed by atoms with Crippen molar-refractivity contribution in [3.63, 3.8) is 0 Å². The van der Waals surface area contributed by atoms with Gasteiger partial charge in [0.15, 0.2) is 11.6 Å². The summed E-state index contributed by atoms with van der Waals surface area (Å²) in [6.07, 6.45) is 4.34. The third-order valence-corrected chi connectivity index (χ3v) is 6.87. The molecule has 0 radical (unpaired) electrons. The van der Waals surface area contributed by atoms with Gasteiger partial charge < -0.3 is 26.6 Å². The predicted octanol–water partition coefficient (Wildman–Crippen LogP) is 2.80. The summed E-state index contributed by atoms with van der Waals surface area (Å²) in [5.74, 6) is -2.34. The van der Waals surface area contributed by atoms with E-state index in [1.807, 2.05) is 0 Å². The Bertz CT molecular complexity index is 1870. The summed E-state index contributed by atoms with van der Waals surface area (Å²) in [6.45, 7) is 1.67. The second-order valence-electron chi connectivity index (χ2n) is 10.4. The number of halogens is 2. The zero-order valence-corrected chi connectivity index (χ0v) is 23.5. The Hall–Kier alpha value is -5.37. The molecule has 1 aliphatic rings. The fourth-order valence-electron chi connectivity index (χ4n) is 4.41. The second-order valence-corrected chi connectivity index (χ2v) is 10.4. The number of nitrogens with zero attached hydrogens (tertiary/aromatic N) is 4. The van der Waals surface area contributed by atoms with Crippen molar-refractivity contribution in [3.8, 4) is 17.2 Å². The van der Waals surface area contributed by atoms with Crippen LogP contribution in [0.5, 0.6) is 11.5 Å². The van der Waals surface area contributed by atoms with Crippen LogP contribution in [0.3, 0.4) is 0 Å². The van der Waals surface area contributed by atoms with E-state index in [1.54, 1.807) is 6.92 Å². The molecule has 0 spiro atoms. The van der Waals surface area contributed by atoms with Crippen molar-refractivity contribution >= 4 is 23.2 Å². The lowest BCUT2D eigenvalue weighted by Gasteiger charge is -2.15. The molecule has 5 rings (SSSR count). The fourth-order valence-corrected chi connectivity index (χ4v) is 4.41. The van der Waals surface area contributed by atoms with Gasteiger partial charge in [-0.15, -0.1) is 0 Å². The van der Waals surface area contributed by atoms with Gasteiger partial charge in [-0.05, 0) is 62.1 Å². The summed E-state index contributed by atoms with van der Waals surface area (Å²) in [5, 5.41) is 11.8. The van der Waals surface area contributed by atoms with Crippen molar-refractivity contribution in [1.82, 2.24) is 14.1 Å². The highest BCUT2D eigenvalue weighted by Gasteiger charge is 2.25. The molecule has 2 aromatic heterocycles. The third kappa shape index (κ3) is 6.49. The predicted molar refractivity (Wildman–Crippen MR) is 159 cm³/mol. The van der Waals surface area contributed by atoms with E-state index in [1.165, 1.54) is 47.3 Å². The molecule has 0 unspecified atom stereocenters. The molecule has 14 heteroatoms. The van der Waals surface area contributed by atoms with E-state index < -0.39 is 34.8 Å². The molecule has 2 aromatic carbocycles. The molecule has 0 aliphatic heterocycles. The topological polar surface area (TPSA) is 180 Å². The van der Waals surface area contributed by atoms with Crippen molar-refractivity contribution in [1.29, 1.82) is 0 Å². The molecule has 44 heavy (non-hydrogen) atoms. The maximum Gasteiger partial charge on any atom is 0.335 e. The molecule has 1 atom stereocenters. The largest absolute Gasteiger partial charge is 0.453 e. The number of aliphatic imine (C=N–C) groups is 1. The van der Waals surface area contributed by atoms with Gasteiger partial charge in [0.25, 0.3) is 11.5 Å². The van der Waals surface area contributed by atoms with Crippen LogP contribution < -0.4 is 32.8 Å². The minimum absolute atomic E-state index is 0.000150.